The van der Waals surface area contributed by atoms with Crippen molar-refractivity contribution in [2.45, 2.75) is 77.2 Å². The van der Waals surface area contributed by atoms with Gasteiger partial charge in [0.1, 0.15) is 5.75 Å². The van der Waals surface area contributed by atoms with Crippen LogP contribution < -0.4 is 4.74 Å². The highest BCUT2D eigenvalue weighted by Gasteiger charge is 2.37. The van der Waals surface area contributed by atoms with Gasteiger partial charge in [-0.2, -0.15) is 0 Å². The van der Waals surface area contributed by atoms with Crippen molar-refractivity contribution in [1.29, 1.82) is 0 Å². The Morgan fingerprint density at radius 1 is 0.875 bits per heavy atom. The lowest BCUT2D eigenvalue weighted by Gasteiger charge is -2.35. The van der Waals surface area contributed by atoms with E-state index in [0.29, 0.717) is 32.3 Å². The van der Waals surface area contributed by atoms with Gasteiger partial charge in [-0.1, -0.05) is 69.5 Å². The molecule has 0 aliphatic heterocycles. The molecule has 0 atom stereocenters. The average molecular weight is 439 g/mol. The monoisotopic (exact) mass is 438 g/mol. The first-order valence-corrected chi connectivity index (χ1v) is 12.3. The van der Waals surface area contributed by atoms with Gasteiger partial charge < -0.3 is 14.6 Å². The molecule has 1 saturated carbocycles. The first-order valence-electron chi connectivity index (χ1n) is 12.3. The maximum absolute atomic E-state index is 12.2. The van der Waals surface area contributed by atoms with Crippen LogP contribution in [0.15, 0.2) is 48.5 Å². The third-order valence-electron chi connectivity index (χ3n) is 6.51. The van der Waals surface area contributed by atoms with Crippen molar-refractivity contribution in [3.8, 4) is 16.9 Å². The quantitative estimate of drug-likeness (QED) is 0.315. The number of rotatable bonds is 11. The Bertz CT molecular complexity index is 818. The standard InChI is InChI=1S/C28H38O4/c1-3-5-7-21-31-26-14-10-23(11-15-26)22-8-12-25(13-9-22)28(30)18-16-24(17-19-28)27(29)32-20-6-4-2/h8-15,24,30H,3-7,16-21H2,1-2H3. The van der Waals surface area contributed by atoms with Crippen molar-refractivity contribution in [1.82, 2.24) is 0 Å². The summed E-state index contributed by atoms with van der Waals surface area (Å²) in [5.74, 6) is 0.712. The van der Waals surface area contributed by atoms with E-state index in [2.05, 4.69) is 38.1 Å². The summed E-state index contributed by atoms with van der Waals surface area (Å²) < 4.78 is 11.2. The van der Waals surface area contributed by atoms with Crippen molar-refractivity contribution in [3.05, 3.63) is 54.1 Å². The van der Waals surface area contributed by atoms with Crippen LogP contribution in [0.3, 0.4) is 0 Å². The number of hydrogen-bond donors (Lipinski definition) is 1. The van der Waals surface area contributed by atoms with Gasteiger partial charge in [-0.05, 0) is 67.3 Å². The normalized spacial score (nSPS) is 20.7. The molecule has 0 radical (unpaired) electrons. The molecule has 0 bridgehead atoms. The molecule has 4 heteroatoms. The molecular weight excluding hydrogens is 400 g/mol. The van der Waals surface area contributed by atoms with Gasteiger partial charge in [-0.25, -0.2) is 0 Å². The van der Waals surface area contributed by atoms with Gasteiger partial charge in [0.25, 0.3) is 0 Å². The Hall–Kier alpha value is -2.33. The van der Waals surface area contributed by atoms with Crippen LogP contribution in [0, 0.1) is 5.92 Å². The third kappa shape index (κ3) is 6.59. The van der Waals surface area contributed by atoms with Gasteiger partial charge in [-0.3, -0.25) is 4.79 Å². The van der Waals surface area contributed by atoms with E-state index in [1.54, 1.807) is 0 Å². The summed E-state index contributed by atoms with van der Waals surface area (Å²) >= 11 is 0. The minimum absolute atomic E-state index is 0.0888. The highest BCUT2D eigenvalue weighted by atomic mass is 16.5. The fourth-order valence-corrected chi connectivity index (χ4v) is 4.31. The second-order valence-corrected chi connectivity index (χ2v) is 8.98. The van der Waals surface area contributed by atoms with Gasteiger partial charge in [0.15, 0.2) is 0 Å². The highest BCUT2D eigenvalue weighted by Crippen LogP contribution is 2.40. The van der Waals surface area contributed by atoms with Gasteiger partial charge in [-0.15, -0.1) is 0 Å². The first-order chi connectivity index (χ1) is 15.6. The molecule has 1 N–H and O–H groups in total. The van der Waals surface area contributed by atoms with E-state index in [9.17, 15) is 9.90 Å². The van der Waals surface area contributed by atoms with E-state index in [4.69, 9.17) is 9.47 Å². The summed E-state index contributed by atoms with van der Waals surface area (Å²) in [6.07, 6.45) is 7.91. The van der Waals surface area contributed by atoms with E-state index in [1.807, 2.05) is 24.3 Å². The first kappa shape index (κ1) is 24.3. The van der Waals surface area contributed by atoms with Crippen LogP contribution in [0.4, 0.5) is 0 Å². The van der Waals surface area contributed by atoms with E-state index in [-0.39, 0.29) is 11.9 Å². The zero-order valence-electron chi connectivity index (χ0n) is 19.6. The molecule has 2 aromatic carbocycles. The summed E-state index contributed by atoms with van der Waals surface area (Å²) in [4.78, 5) is 12.2. The number of esters is 1. The minimum Gasteiger partial charge on any atom is -0.494 e. The predicted molar refractivity (Wildman–Crippen MR) is 129 cm³/mol. The molecule has 0 saturated heterocycles. The van der Waals surface area contributed by atoms with E-state index >= 15 is 0 Å². The van der Waals surface area contributed by atoms with Crippen molar-refractivity contribution < 1.29 is 19.4 Å². The summed E-state index contributed by atoms with van der Waals surface area (Å²) in [5.41, 5.74) is 2.30. The Balaban J connectivity index is 1.54. The molecule has 1 aliphatic rings. The molecule has 0 spiro atoms. The number of carbonyl (C=O) groups excluding carboxylic acids is 1. The van der Waals surface area contributed by atoms with Crippen molar-refractivity contribution >= 4 is 5.97 Å². The molecule has 1 fully saturated rings. The second-order valence-electron chi connectivity index (χ2n) is 8.98. The van der Waals surface area contributed by atoms with Crippen molar-refractivity contribution in [3.63, 3.8) is 0 Å². The van der Waals surface area contributed by atoms with Crippen LogP contribution >= 0.6 is 0 Å². The predicted octanol–water partition coefficient (Wildman–Crippen LogP) is 6.64. The maximum atomic E-state index is 12.2. The van der Waals surface area contributed by atoms with Crippen LogP contribution in [0.5, 0.6) is 5.75 Å². The number of aliphatic hydroxyl groups is 1. The van der Waals surface area contributed by atoms with Crippen molar-refractivity contribution in [2.24, 2.45) is 5.92 Å². The highest BCUT2D eigenvalue weighted by molar-refractivity contribution is 5.72. The molecule has 0 amide bonds. The summed E-state index contributed by atoms with van der Waals surface area (Å²) in [6, 6.07) is 16.4. The van der Waals surface area contributed by atoms with Crippen LogP contribution in [-0.2, 0) is 15.1 Å². The third-order valence-corrected chi connectivity index (χ3v) is 6.51. The molecule has 0 aromatic heterocycles. The number of carbonyl (C=O) groups is 1. The van der Waals surface area contributed by atoms with E-state index in [0.717, 1.165) is 48.3 Å². The molecule has 4 nitrogen and oxygen atoms in total. The van der Waals surface area contributed by atoms with Crippen LogP contribution in [0.2, 0.25) is 0 Å². The Morgan fingerprint density at radius 2 is 1.47 bits per heavy atom. The Morgan fingerprint density at radius 3 is 2.06 bits per heavy atom. The molecule has 3 rings (SSSR count). The maximum Gasteiger partial charge on any atom is 0.308 e. The van der Waals surface area contributed by atoms with Crippen LogP contribution in [-0.4, -0.2) is 24.3 Å². The molecule has 1 aliphatic carbocycles. The van der Waals surface area contributed by atoms with Gasteiger partial charge >= 0.3 is 5.97 Å². The van der Waals surface area contributed by atoms with Gasteiger partial charge in [0.05, 0.1) is 24.7 Å². The minimum atomic E-state index is -0.866. The van der Waals surface area contributed by atoms with Gasteiger partial charge in [0, 0.05) is 0 Å². The lowest BCUT2D eigenvalue weighted by molar-refractivity contribution is -0.151. The number of benzene rings is 2. The Labute approximate surface area is 193 Å². The molecule has 32 heavy (non-hydrogen) atoms. The van der Waals surface area contributed by atoms with Crippen molar-refractivity contribution in [2.75, 3.05) is 13.2 Å². The van der Waals surface area contributed by atoms with Gasteiger partial charge in [0.2, 0.25) is 0 Å². The topological polar surface area (TPSA) is 55.8 Å². The largest absolute Gasteiger partial charge is 0.494 e. The molecule has 0 unspecified atom stereocenters. The fraction of sp³-hybridized carbons (Fsp3) is 0.536. The van der Waals surface area contributed by atoms with Crippen LogP contribution in [0.1, 0.15) is 77.2 Å². The number of unbranched alkanes of at least 4 members (excludes halogenated alkanes) is 3. The smallest absolute Gasteiger partial charge is 0.308 e. The number of hydrogen-bond acceptors (Lipinski definition) is 4. The molecule has 0 heterocycles. The lowest BCUT2D eigenvalue weighted by Crippen LogP contribution is -2.34. The van der Waals surface area contributed by atoms with Crippen LogP contribution in [0.25, 0.3) is 11.1 Å². The fourth-order valence-electron chi connectivity index (χ4n) is 4.31. The summed E-state index contributed by atoms with van der Waals surface area (Å²) in [6.45, 7) is 5.54. The lowest BCUT2D eigenvalue weighted by atomic mass is 9.75. The summed E-state index contributed by atoms with van der Waals surface area (Å²) in [5, 5.41) is 11.2. The molecular formula is C28H38O4. The molecule has 2 aromatic rings. The SMILES string of the molecule is CCCCCOc1ccc(-c2ccc(C3(O)CCC(C(=O)OCCCC)CC3)cc2)cc1. The molecule has 174 valence electrons. The summed E-state index contributed by atoms with van der Waals surface area (Å²) in [7, 11) is 0. The number of ether oxygens (including phenoxy) is 2. The van der Waals surface area contributed by atoms with E-state index in [1.165, 1.54) is 12.8 Å². The Kier molecular flexibility index (Phi) is 9.16. The van der Waals surface area contributed by atoms with E-state index < -0.39 is 5.60 Å². The second kappa shape index (κ2) is 12.1. The zero-order valence-corrected chi connectivity index (χ0v) is 19.6. The average Bonchev–Trinajstić information content (AvgIpc) is 2.83. The zero-order chi connectivity index (χ0) is 22.8.